The Balaban J connectivity index is 1.66. The summed E-state index contributed by atoms with van der Waals surface area (Å²) < 4.78 is 0. The second-order valence-electron chi connectivity index (χ2n) is 5.15. The van der Waals surface area contributed by atoms with E-state index in [1.165, 1.54) is 37.1 Å². The van der Waals surface area contributed by atoms with Crippen molar-refractivity contribution in [2.45, 2.75) is 38.6 Å². The Bertz CT molecular complexity index is 436. The van der Waals surface area contributed by atoms with Crippen LogP contribution in [0.2, 0.25) is 0 Å². The zero-order valence-electron chi connectivity index (χ0n) is 12.2. The molecule has 0 aromatic carbocycles. The van der Waals surface area contributed by atoms with Crippen LogP contribution in [0.25, 0.3) is 0 Å². The normalized spacial score (nSPS) is 19.8. The molecule has 112 valence electrons. The summed E-state index contributed by atoms with van der Waals surface area (Å²) in [4.78, 5) is 14.4. The van der Waals surface area contributed by atoms with Crippen molar-refractivity contribution in [1.29, 1.82) is 0 Å². The van der Waals surface area contributed by atoms with Gasteiger partial charge in [0, 0.05) is 26.2 Å². The molecule has 1 fully saturated rings. The molecule has 1 aliphatic heterocycles. The summed E-state index contributed by atoms with van der Waals surface area (Å²) in [7, 11) is 1.77. The van der Waals surface area contributed by atoms with E-state index in [-0.39, 0.29) is 5.91 Å². The highest BCUT2D eigenvalue weighted by Gasteiger charge is 2.17. The fourth-order valence-electron chi connectivity index (χ4n) is 2.47. The van der Waals surface area contributed by atoms with Crippen LogP contribution in [0, 0.1) is 0 Å². The number of carbonyl (C=O) groups is 1. The molecule has 0 saturated carbocycles. The maximum Gasteiger partial charge on any atom is 0.282 e. The van der Waals surface area contributed by atoms with Gasteiger partial charge in [-0.15, -0.1) is 10.2 Å². The predicted molar refractivity (Wildman–Crippen MR) is 81.3 cm³/mol. The Hall–Kier alpha value is -1.21. The van der Waals surface area contributed by atoms with Crippen molar-refractivity contribution < 1.29 is 4.79 Å². The van der Waals surface area contributed by atoms with E-state index in [1.807, 2.05) is 0 Å². The van der Waals surface area contributed by atoms with Crippen molar-refractivity contribution in [3.05, 3.63) is 5.01 Å². The lowest BCUT2D eigenvalue weighted by molar-refractivity contribution is 0.0948. The van der Waals surface area contributed by atoms with Gasteiger partial charge in [0.05, 0.1) is 0 Å². The molecule has 7 heteroatoms. The van der Waals surface area contributed by atoms with Crippen LogP contribution in [0.15, 0.2) is 0 Å². The van der Waals surface area contributed by atoms with E-state index in [9.17, 15) is 4.79 Å². The molecule has 2 N–H and O–H groups in total. The van der Waals surface area contributed by atoms with E-state index < -0.39 is 0 Å². The molecule has 1 unspecified atom stereocenters. The van der Waals surface area contributed by atoms with Crippen molar-refractivity contribution >= 4 is 22.4 Å². The van der Waals surface area contributed by atoms with Crippen molar-refractivity contribution in [2.75, 3.05) is 32.0 Å². The summed E-state index contributed by atoms with van der Waals surface area (Å²) in [5.74, 6) is -0.129. The quantitative estimate of drug-likeness (QED) is 0.780. The Labute approximate surface area is 124 Å². The fraction of sp³-hybridized carbons (Fsp3) is 0.769. The van der Waals surface area contributed by atoms with Gasteiger partial charge in [-0.2, -0.15) is 0 Å². The first-order chi connectivity index (χ1) is 9.70. The highest BCUT2D eigenvalue weighted by molar-refractivity contribution is 7.17. The highest BCUT2D eigenvalue weighted by atomic mass is 32.1. The van der Waals surface area contributed by atoms with E-state index in [0.29, 0.717) is 22.7 Å². The number of carbonyl (C=O) groups excluding carboxylic acids is 1. The molecule has 20 heavy (non-hydrogen) atoms. The van der Waals surface area contributed by atoms with Crippen LogP contribution in [0.4, 0.5) is 5.13 Å². The number of piperidine rings is 1. The molecule has 1 aromatic rings. The summed E-state index contributed by atoms with van der Waals surface area (Å²) in [6.07, 6.45) is 4.92. The molecule has 0 aliphatic carbocycles. The van der Waals surface area contributed by atoms with Gasteiger partial charge in [0.2, 0.25) is 10.1 Å². The molecule has 1 amide bonds. The summed E-state index contributed by atoms with van der Waals surface area (Å²) in [6, 6.07) is 0.681. The van der Waals surface area contributed by atoms with Gasteiger partial charge in [-0.1, -0.05) is 17.8 Å². The second-order valence-corrected chi connectivity index (χ2v) is 6.13. The standard InChI is InChI=1S/C13H23N5OS/c1-10-6-3-4-8-18(10)9-5-7-15-11(19)12-16-17-13(14-2)20-12/h10H,3-9H2,1-2H3,(H,14,17)(H,15,19). The number of rotatable bonds is 6. The zero-order valence-corrected chi connectivity index (χ0v) is 13.0. The van der Waals surface area contributed by atoms with E-state index in [0.717, 1.165) is 13.0 Å². The first-order valence-corrected chi connectivity index (χ1v) is 8.06. The molecular formula is C13H23N5OS. The lowest BCUT2D eigenvalue weighted by Gasteiger charge is -2.33. The lowest BCUT2D eigenvalue weighted by atomic mass is 10.0. The third kappa shape index (κ3) is 4.14. The number of aromatic nitrogens is 2. The Morgan fingerprint density at radius 2 is 2.30 bits per heavy atom. The number of likely N-dealkylation sites (tertiary alicyclic amines) is 1. The fourth-order valence-corrected chi connectivity index (χ4v) is 3.08. The van der Waals surface area contributed by atoms with Gasteiger partial charge in [-0.05, 0) is 32.7 Å². The topological polar surface area (TPSA) is 70.1 Å². The van der Waals surface area contributed by atoms with Gasteiger partial charge in [0.15, 0.2) is 0 Å². The third-order valence-electron chi connectivity index (χ3n) is 3.68. The SMILES string of the molecule is CNc1nnc(C(=O)NCCCN2CCCCC2C)s1. The molecular weight excluding hydrogens is 274 g/mol. The van der Waals surface area contributed by atoms with Gasteiger partial charge < -0.3 is 15.5 Å². The molecule has 2 rings (SSSR count). The van der Waals surface area contributed by atoms with Crippen LogP contribution in [-0.2, 0) is 0 Å². The monoisotopic (exact) mass is 297 g/mol. The van der Waals surface area contributed by atoms with Crippen LogP contribution in [0.3, 0.4) is 0 Å². The molecule has 0 bridgehead atoms. The number of amides is 1. The minimum atomic E-state index is -0.129. The number of hydrogen-bond donors (Lipinski definition) is 2. The molecule has 1 aromatic heterocycles. The number of nitrogens with zero attached hydrogens (tertiary/aromatic N) is 3. The Morgan fingerprint density at radius 1 is 1.45 bits per heavy atom. The first kappa shape index (κ1) is 15.2. The van der Waals surface area contributed by atoms with Crippen molar-refractivity contribution in [3.8, 4) is 0 Å². The smallest absolute Gasteiger partial charge is 0.282 e. The summed E-state index contributed by atoms with van der Waals surface area (Å²) in [6.45, 7) is 5.23. The maximum absolute atomic E-state index is 11.8. The predicted octanol–water partition coefficient (Wildman–Crippen LogP) is 1.57. The van der Waals surface area contributed by atoms with E-state index >= 15 is 0 Å². The average Bonchev–Trinajstić information content (AvgIpc) is 2.94. The van der Waals surface area contributed by atoms with Crippen LogP contribution < -0.4 is 10.6 Å². The van der Waals surface area contributed by atoms with Gasteiger partial charge in [-0.3, -0.25) is 4.79 Å². The molecule has 0 radical (unpaired) electrons. The first-order valence-electron chi connectivity index (χ1n) is 7.24. The minimum Gasteiger partial charge on any atom is -0.363 e. The molecule has 1 aliphatic rings. The summed E-state index contributed by atoms with van der Waals surface area (Å²) in [5.41, 5.74) is 0. The summed E-state index contributed by atoms with van der Waals surface area (Å²) >= 11 is 1.27. The number of hydrogen-bond acceptors (Lipinski definition) is 6. The van der Waals surface area contributed by atoms with E-state index in [4.69, 9.17) is 0 Å². The van der Waals surface area contributed by atoms with Gasteiger partial charge >= 0.3 is 0 Å². The highest BCUT2D eigenvalue weighted by Crippen LogP contribution is 2.16. The molecule has 2 heterocycles. The summed E-state index contributed by atoms with van der Waals surface area (Å²) in [5, 5.41) is 14.6. The lowest BCUT2D eigenvalue weighted by Crippen LogP contribution is -2.39. The van der Waals surface area contributed by atoms with Crippen molar-refractivity contribution in [3.63, 3.8) is 0 Å². The number of anilines is 1. The van der Waals surface area contributed by atoms with Crippen LogP contribution in [0.5, 0.6) is 0 Å². The van der Waals surface area contributed by atoms with E-state index in [1.54, 1.807) is 7.05 Å². The van der Waals surface area contributed by atoms with Crippen LogP contribution in [0.1, 0.15) is 42.4 Å². The van der Waals surface area contributed by atoms with E-state index in [2.05, 4.69) is 32.7 Å². The molecule has 1 saturated heterocycles. The second kappa shape index (κ2) is 7.54. The van der Waals surface area contributed by atoms with Gasteiger partial charge in [0.1, 0.15) is 0 Å². The zero-order chi connectivity index (χ0) is 14.4. The van der Waals surface area contributed by atoms with Gasteiger partial charge in [-0.25, -0.2) is 0 Å². The number of nitrogens with one attached hydrogen (secondary N) is 2. The van der Waals surface area contributed by atoms with Gasteiger partial charge in [0.25, 0.3) is 5.91 Å². The van der Waals surface area contributed by atoms with Crippen LogP contribution >= 0.6 is 11.3 Å². The Morgan fingerprint density at radius 3 is 3.00 bits per heavy atom. The van der Waals surface area contributed by atoms with Crippen LogP contribution in [-0.4, -0.2) is 53.7 Å². The Kier molecular flexibility index (Phi) is 5.72. The molecule has 6 nitrogen and oxygen atoms in total. The molecule has 0 spiro atoms. The average molecular weight is 297 g/mol. The minimum absolute atomic E-state index is 0.129. The third-order valence-corrected chi connectivity index (χ3v) is 4.62. The maximum atomic E-state index is 11.8. The van der Waals surface area contributed by atoms with Crippen molar-refractivity contribution in [1.82, 2.24) is 20.4 Å². The molecule has 1 atom stereocenters. The largest absolute Gasteiger partial charge is 0.363 e. The van der Waals surface area contributed by atoms with Crippen molar-refractivity contribution in [2.24, 2.45) is 0 Å².